The molecule has 0 aromatic rings. The van der Waals surface area contributed by atoms with Crippen molar-refractivity contribution >= 4 is 0 Å². The summed E-state index contributed by atoms with van der Waals surface area (Å²) in [6.07, 6.45) is 3.57. The highest BCUT2D eigenvalue weighted by atomic mass is 16.7. The summed E-state index contributed by atoms with van der Waals surface area (Å²) in [5.74, 6) is 0. The second-order valence-corrected chi connectivity index (χ2v) is 4.76. The van der Waals surface area contributed by atoms with E-state index in [0.717, 1.165) is 38.8 Å². The second-order valence-electron chi connectivity index (χ2n) is 4.76. The molecule has 1 heterocycles. The summed E-state index contributed by atoms with van der Waals surface area (Å²) in [7, 11) is 0. The van der Waals surface area contributed by atoms with Crippen molar-refractivity contribution in [3.63, 3.8) is 0 Å². The first-order chi connectivity index (χ1) is 8.81. The van der Waals surface area contributed by atoms with Gasteiger partial charge in [-0.3, -0.25) is 4.90 Å². The number of ether oxygens (including phenoxy) is 2. The lowest BCUT2D eigenvalue weighted by Crippen LogP contribution is -2.38. The molecule has 1 aliphatic rings. The molecule has 0 saturated carbocycles. The van der Waals surface area contributed by atoms with Crippen LogP contribution in [-0.4, -0.2) is 56.6 Å². The van der Waals surface area contributed by atoms with Gasteiger partial charge in [0.15, 0.2) is 6.29 Å². The highest BCUT2D eigenvalue weighted by molar-refractivity contribution is 4.79. The van der Waals surface area contributed by atoms with Gasteiger partial charge in [-0.25, -0.2) is 0 Å². The lowest BCUT2D eigenvalue weighted by Gasteiger charge is -2.23. The molecule has 0 bridgehead atoms. The summed E-state index contributed by atoms with van der Waals surface area (Å²) in [5.41, 5.74) is 0. The number of nitrogens with one attached hydrogen (secondary N) is 1. The Balaban J connectivity index is 2.09. The van der Waals surface area contributed by atoms with Gasteiger partial charge in [0.05, 0.1) is 0 Å². The second kappa shape index (κ2) is 9.73. The summed E-state index contributed by atoms with van der Waals surface area (Å²) in [6, 6.07) is 0.729. The quantitative estimate of drug-likeness (QED) is 0.479. The number of hydrogen-bond donors (Lipinski definition) is 1. The Bertz CT molecular complexity index is 196. The average Bonchev–Trinajstić information content (AvgIpc) is 2.82. The zero-order valence-corrected chi connectivity index (χ0v) is 12.3. The van der Waals surface area contributed by atoms with E-state index in [9.17, 15) is 0 Å². The molecule has 18 heavy (non-hydrogen) atoms. The monoisotopic (exact) mass is 258 g/mol. The molecule has 0 aromatic carbocycles. The molecule has 4 heteroatoms. The van der Waals surface area contributed by atoms with E-state index in [1.165, 1.54) is 25.9 Å². The standard InChI is InChI=1S/C14H30N2O2/c1-4-16-11-7-8-13(16)12-15-10-9-14(17-5-2)18-6-3/h13-15H,4-12H2,1-3H3. The van der Waals surface area contributed by atoms with Crippen molar-refractivity contribution < 1.29 is 9.47 Å². The van der Waals surface area contributed by atoms with Crippen LogP contribution in [-0.2, 0) is 9.47 Å². The van der Waals surface area contributed by atoms with Gasteiger partial charge in [0.2, 0.25) is 0 Å². The van der Waals surface area contributed by atoms with Crippen LogP contribution < -0.4 is 5.32 Å². The fourth-order valence-electron chi connectivity index (χ4n) is 2.62. The highest BCUT2D eigenvalue weighted by Crippen LogP contribution is 2.15. The Morgan fingerprint density at radius 1 is 1.22 bits per heavy atom. The highest BCUT2D eigenvalue weighted by Gasteiger charge is 2.22. The van der Waals surface area contributed by atoms with Crippen LogP contribution in [0.15, 0.2) is 0 Å². The minimum atomic E-state index is -0.0432. The van der Waals surface area contributed by atoms with E-state index < -0.39 is 0 Å². The van der Waals surface area contributed by atoms with Crippen LogP contribution in [0.25, 0.3) is 0 Å². The molecule has 0 amide bonds. The summed E-state index contributed by atoms with van der Waals surface area (Å²) in [5, 5.41) is 3.54. The molecule has 1 saturated heterocycles. The Labute approximate surface area is 112 Å². The van der Waals surface area contributed by atoms with Gasteiger partial charge in [0.25, 0.3) is 0 Å². The number of hydrogen-bond acceptors (Lipinski definition) is 4. The maximum Gasteiger partial charge on any atom is 0.158 e. The average molecular weight is 258 g/mol. The lowest BCUT2D eigenvalue weighted by molar-refractivity contribution is -0.138. The SMILES string of the molecule is CCOC(CCNCC1CCCN1CC)OCC. The molecule has 1 rings (SSSR count). The zero-order chi connectivity index (χ0) is 13.2. The number of rotatable bonds is 10. The number of nitrogens with zero attached hydrogens (tertiary/aromatic N) is 1. The molecule has 1 atom stereocenters. The topological polar surface area (TPSA) is 33.7 Å². The van der Waals surface area contributed by atoms with Gasteiger partial charge in [-0.15, -0.1) is 0 Å². The number of likely N-dealkylation sites (tertiary alicyclic amines) is 1. The van der Waals surface area contributed by atoms with Gasteiger partial charge in [-0.2, -0.15) is 0 Å². The van der Waals surface area contributed by atoms with Gasteiger partial charge >= 0.3 is 0 Å². The molecule has 0 radical (unpaired) electrons. The minimum absolute atomic E-state index is 0.0432. The molecule has 1 aliphatic heterocycles. The van der Waals surface area contributed by atoms with E-state index in [1.807, 2.05) is 13.8 Å². The molecular weight excluding hydrogens is 228 g/mol. The Morgan fingerprint density at radius 3 is 2.56 bits per heavy atom. The van der Waals surface area contributed by atoms with Crippen LogP contribution in [0.3, 0.4) is 0 Å². The van der Waals surface area contributed by atoms with Gasteiger partial charge < -0.3 is 14.8 Å². The third kappa shape index (κ3) is 5.65. The first-order valence-corrected chi connectivity index (χ1v) is 7.49. The van der Waals surface area contributed by atoms with E-state index in [1.54, 1.807) is 0 Å². The van der Waals surface area contributed by atoms with E-state index in [4.69, 9.17) is 9.47 Å². The van der Waals surface area contributed by atoms with Crippen LogP contribution in [0.4, 0.5) is 0 Å². The molecule has 1 N–H and O–H groups in total. The van der Waals surface area contributed by atoms with Crippen molar-refractivity contribution in [2.45, 2.75) is 52.4 Å². The molecule has 0 aromatic heterocycles. The molecule has 0 aliphatic carbocycles. The lowest BCUT2D eigenvalue weighted by atomic mass is 10.2. The van der Waals surface area contributed by atoms with Gasteiger partial charge in [0.1, 0.15) is 0 Å². The summed E-state index contributed by atoms with van der Waals surface area (Å²) in [6.45, 7) is 12.2. The normalized spacial score (nSPS) is 21.0. The van der Waals surface area contributed by atoms with Gasteiger partial charge in [0, 0.05) is 38.8 Å². The summed E-state index contributed by atoms with van der Waals surface area (Å²) < 4.78 is 11.0. The van der Waals surface area contributed by atoms with E-state index in [-0.39, 0.29) is 6.29 Å². The summed E-state index contributed by atoms with van der Waals surface area (Å²) >= 11 is 0. The molecule has 4 nitrogen and oxygen atoms in total. The predicted octanol–water partition coefficient (Wildman–Crippen LogP) is 1.85. The van der Waals surface area contributed by atoms with Gasteiger partial charge in [-0.1, -0.05) is 6.92 Å². The van der Waals surface area contributed by atoms with Crippen LogP contribution in [0.5, 0.6) is 0 Å². The minimum Gasteiger partial charge on any atom is -0.353 e. The van der Waals surface area contributed by atoms with Crippen molar-refractivity contribution in [3.8, 4) is 0 Å². The Hall–Kier alpha value is -0.160. The molecule has 0 spiro atoms. The van der Waals surface area contributed by atoms with Crippen molar-refractivity contribution in [2.24, 2.45) is 0 Å². The van der Waals surface area contributed by atoms with Gasteiger partial charge in [-0.05, 0) is 39.8 Å². The van der Waals surface area contributed by atoms with Crippen molar-refractivity contribution in [1.29, 1.82) is 0 Å². The van der Waals surface area contributed by atoms with Crippen molar-refractivity contribution in [2.75, 3.05) is 39.4 Å². The van der Waals surface area contributed by atoms with Crippen LogP contribution in [0, 0.1) is 0 Å². The third-order valence-electron chi connectivity index (χ3n) is 3.55. The van der Waals surface area contributed by atoms with E-state index in [0.29, 0.717) is 0 Å². The third-order valence-corrected chi connectivity index (χ3v) is 3.55. The van der Waals surface area contributed by atoms with Crippen molar-refractivity contribution in [3.05, 3.63) is 0 Å². The van der Waals surface area contributed by atoms with E-state index >= 15 is 0 Å². The smallest absolute Gasteiger partial charge is 0.158 e. The van der Waals surface area contributed by atoms with Crippen LogP contribution in [0.1, 0.15) is 40.0 Å². The molecule has 1 fully saturated rings. The largest absolute Gasteiger partial charge is 0.353 e. The maximum absolute atomic E-state index is 5.52. The summed E-state index contributed by atoms with van der Waals surface area (Å²) in [4.78, 5) is 2.57. The fourth-order valence-corrected chi connectivity index (χ4v) is 2.62. The first kappa shape index (κ1) is 15.9. The van der Waals surface area contributed by atoms with Crippen LogP contribution >= 0.6 is 0 Å². The Kier molecular flexibility index (Phi) is 8.59. The van der Waals surface area contributed by atoms with Crippen LogP contribution in [0.2, 0.25) is 0 Å². The van der Waals surface area contributed by atoms with Crippen molar-refractivity contribution in [1.82, 2.24) is 10.2 Å². The zero-order valence-electron chi connectivity index (χ0n) is 12.3. The van der Waals surface area contributed by atoms with E-state index in [2.05, 4.69) is 17.1 Å². The molecule has 1 unspecified atom stereocenters. The predicted molar refractivity (Wildman–Crippen MR) is 74.8 cm³/mol. The maximum atomic E-state index is 5.52. The fraction of sp³-hybridized carbons (Fsp3) is 1.00. The Morgan fingerprint density at radius 2 is 1.94 bits per heavy atom. The first-order valence-electron chi connectivity index (χ1n) is 7.49. The molecule has 108 valence electrons. The number of likely N-dealkylation sites (N-methyl/N-ethyl adjacent to an activating group) is 1. The molecular formula is C14H30N2O2.